The molecule has 1 N–H and O–H groups in total. The largest absolute Gasteiger partial charge is 0.497 e. The van der Waals surface area contributed by atoms with Crippen LogP contribution in [0.4, 0.5) is 11.4 Å². The lowest BCUT2D eigenvalue weighted by atomic mass is 10.1. The van der Waals surface area contributed by atoms with Crippen LogP contribution in [0.3, 0.4) is 0 Å². The Bertz CT molecular complexity index is 1410. The van der Waals surface area contributed by atoms with Crippen molar-refractivity contribution >= 4 is 46.3 Å². The fraction of sp³-hybridized carbons (Fsp3) is 0.233. The van der Waals surface area contributed by atoms with Gasteiger partial charge in [-0.25, -0.2) is 9.79 Å². The molecule has 0 spiro atoms. The van der Waals surface area contributed by atoms with Gasteiger partial charge in [0.25, 0.3) is 5.91 Å². The van der Waals surface area contributed by atoms with E-state index < -0.39 is 5.97 Å². The van der Waals surface area contributed by atoms with E-state index in [1.807, 2.05) is 30.3 Å². The van der Waals surface area contributed by atoms with Crippen molar-refractivity contribution in [3.63, 3.8) is 0 Å². The highest BCUT2D eigenvalue weighted by atomic mass is 32.2. The molecule has 7 nitrogen and oxygen atoms in total. The van der Waals surface area contributed by atoms with Gasteiger partial charge in [-0.15, -0.1) is 0 Å². The molecule has 8 heteroatoms. The van der Waals surface area contributed by atoms with Gasteiger partial charge in [-0.1, -0.05) is 18.2 Å². The Hall–Kier alpha value is -4.04. The van der Waals surface area contributed by atoms with Crippen LogP contribution in [0, 0.1) is 6.92 Å². The van der Waals surface area contributed by atoms with E-state index in [1.54, 1.807) is 36.3 Å². The van der Waals surface area contributed by atoms with Crippen LogP contribution in [0.15, 0.2) is 76.6 Å². The molecule has 3 aromatic carbocycles. The van der Waals surface area contributed by atoms with Crippen molar-refractivity contribution in [1.29, 1.82) is 0 Å². The standard InChI is InChI=1S/C30H29N3O4S/c1-20-17-25(32-15-3-4-16-32)12-9-23(20)18-27-28(34)33(19-21-5-7-22(8-6-21)29(35)36)30(38-27)31-24-10-13-26(37-2)14-11-24/h5-14,17-18H,3-4,15-16,19H2,1-2H3,(H,35,36)/b27-18-,31-30?. The SMILES string of the molecule is COc1ccc(N=C2S/C(=C\c3ccc(N4CCCC4)cc3C)C(=O)N2Cc2ccc(C(=O)O)cc2)cc1. The Morgan fingerprint density at radius 2 is 1.76 bits per heavy atom. The van der Waals surface area contributed by atoms with Crippen molar-refractivity contribution < 1.29 is 19.4 Å². The first-order valence-corrected chi connectivity index (χ1v) is 13.3. The summed E-state index contributed by atoms with van der Waals surface area (Å²) in [5.41, 5.74) is 5.07. The fourth-order valence-corrected chi connectivity index (χ4v) is 5.56. The van der Waals surface area contributed by atoms with E-state index in [2.05, 4.69) is 30.0 Å². The molecule has 0 atom stereocenters. The molecule has 5 rings (SSSR count). The van der Waals surface area contributed by atoms with Crippen LogP contribution in [-0.2, 0) is 11.3 Å². The summed E-state index contributed by atoms with van der Waals surface area (Å²) in [5, 5.41) is 9.78. The number of aliphatic imine (C=N–C) groups is 1. The van der Waals surface area contributed by atoms with E-state index in [4.69, 9.17) is 9.73 Å². The van der Waals surface area contributed by atoms with Gasteiger partial charge < -0.3 is 14.7 Å². The molecule has 0 radical (unpaired) electrons. The Labute approximate surface area is 226 Å². The summed E-state index contributed by atoms with van der Waals surface area (Å²) in [6, 6.07) is 20.3. The number of benzene rings is 3. The fourth-order valence-electron chi connectivity index (χ4n) is 4.57. The molecule has 2 fully saturated rings. The number of thioether (sulfide) groups is 1. The van der Waals surface area contributed by atoms with Gasteiger partial charge in [0, 0.05) is 18.8 Å². The van der Waals surface area contributed by atoms with Crippen LogP contribution in [-0.4, -0.2) is 47.2 Å². The van der Waals surface area contributed by atoms with Crippen LogP contribution >= 0.6 is 11.8 Å². The molecule has 0 unspecified atom stereocenters. The average Bonchev–Trinajstić information content (AvgIpc) is 3.56. The van der Waals surface area contributed by atoms with Gasteiger partial charge >= 0.3 is 5.97 Å². The Morgan fingerprint density at radius 1 is 1.05 bits per heavy atom. The zero-order valence-electron chi connectivity index (χ0n) is 21.4. The molecule has 2 aliphatic rings. The van der Waals surface area contributed by atoms with Crippen molar-refractivity contribution in [2.24, 2.45) is 4.99 Å². The highest BCUT2D eigenvalue weighted by Crippen LogP contribution is 2.36. The molecule has 0 aromatic heterocycles. The number of aromatic carboxylic acids is 1. The Balaban J connectivity index is 1.45. The number of ether oxygens (including phenoxy) is 1. The van der Waals surface area contributed by atoms with Gasteiger partial charge in [0.15, 0.2) is 5.17 Å². The van der Waals surface area contributed by atoms with Gasteiger partial charge in [0.2, 0.25) is 0 Å². The summed E-state index contributed by atoms with van der Waals surface area (Å²) in [6.07, 6.45) is 4.38. The van der Waals surface area contributed by atoms with Crippen molar-refractivity contribution in [3.05, 3.63) is 93.9 Å². The number of carboxylic acids is 1. The number of amides is 1. The van der Waals surface area contributed by atoms with Crippen LogP contribution in [0.2, 0.25) is 0 Å². The van der Waals surface area contributed by atoms with Crippen LogP contribution in [0.25, 0.3) is 6.08 Å². The number of aryl methyl sites for hydroxylation is 1. The number of methoxy groups -OCH3 is 1. The van der Waals surface area contributed by atoms with Crippen molar-refractivity contribution in [3.8, 4) is 5.75 Å². The lowest BCUT2D eigenvalue weighted by Crippen LogP contribution is -2.28. The third-order valence-electron chi connectivity index (χ3n) is 6.74. The van der Waals surface area contributed by atoms with Gasteiger partial charge in [0.1, 0.15) is 5.75 Å². The second-order valence-corrected chi connectivity index (χ2v) is 10.3. The number of hydrogen-bond acceptors (Lipinski definition) is 6. The Morgan fingerprint density at radius 3 is 2.39 bits per heavy atom. The Kier molecular flexibility index (Phi) is 7.51. The second kappa shape index (κ2) is 11.1. The number of anilines is 1. The quantitative estimate of drug-likeness (QED) is 0.374. The lowest BCUT2D eigenvalue weighted by molar-refractivity contribution is -0.122. The van der Waals surface area contributed by atoms with Crippen LogP contribution in [0.1, 0.15) is 39.9 Å². The molecule has 2 aliphatic heterocycles. The molecule has 38 heavy (non-hydrogen) atoms. The lowest BCUT2D eigenvalue weighted by Gasteiger charge is -2.18. The topological polar surface area (TPSA) is 82.4 Å². The third-order valence-corrected chi connectivity index (χ3v) is 7.74. The number of hydrogen-bond donors (Lipinski definition) is 1. The molecule has 1 amide bonds. The predicted molar refractivity (Wildman–Crippen MR) is 152 cm³/mol. The highest BCUT2D eigenvalue weighted by molar-refractivity contribution is 8.18. The van der Waals surface area contributed by atoms with Crippen molar-refractivity contribution in [2.75, 3.05) is 25.1 Å². The summed E-state index contributed by atoms with van der Waals surface area (Å²) in [7, 11) is 1.61. The summed E-state index contributed by atoms with van der Waals surface area (Å²) in [4.78, 5) is 34.3. The summed E-state index contributed by atoms with van der Waals surface area (Å²) >= 11 is 1.34. The van der Waals surface area contributed by atoms with Crippen LogP contribution in [0.5, 0.6) is 5.75 Å². The van der Waals surface area contributed by atoms with Gasteiger partial charge in [-0.05, 0) is 103 Å². The van der Waals surface area contributed by atoms with Crippen molar-refractivity contribution in [2.45, 2.75) is 26.3 Å². The first-order valence-electron chi connectivity index (χ1n) is 12.5. The maximum Gasteiger partial charge on any atom is 0.335 e. The van der Waals surface area contributed by atoms with E-state index in [-0.39, 0.29) is 18.0 Å². The predicted octanol–water partition coefficient (Wildman–Crippen LogP) is 6.11. The molecule has 0 saturated carbocycles. The normalized spacial score (nSPS) is 17.6. The highest BCUT2D eigenvalue weighted by Gasteiger charge is 2.33. The summed E-state index contributed by atoms with van der Waals surface area (Å²) in [5.74, 6) is -0.386. The number of carboxylic acid groups (broad SMARTS) is 1. The zero-order valence-corrected chi connectivity index (χ0v) is 22.2. The minimum atomic E-state index is -0.984. The average molecular weight is 528 g/mol. The number of carbonyl (C=O) groups is 2. The molecular weight excluding hydrogens is 498 g/mol. The van der Waals surface area contributed by atoms with Crippen molar-refractivity contribution in [1.82, 2.24) is 4.90 Å². The molecule has 3 aromatic rings. The number of rotatable bonds is 7. The van der Waals surface area contributed by atoms with E-state index in [1.165, 1.54) is 30.3 Å². The first kappa shape index (κ1) is 25.6. The summed E-state index contributed by atoms with van der Waals surface area (Å²) in [6.45, 7) is 4.53. The third kappa shape index (κ3) is 5.60. The monoisotopic (exact) mass is 527 g/mol. The van der Waals surface area contributed by atoms with Gasteiger partial charge in [0.05, 0.1) is 29.8 Å². The first-order chi connectivity index (χ1) is 18.4. The molecule has 0 bridgehead atoms. The summed E-state index contributed by atoms with van der Waals surface area (Å²) < 4.78 is 5.25. The number of carbonyl (C=O) groups excluding carboxylic acids is 1. The molecule has 194 valence electrons. The minimum absolute atomic E-state index is 0.132. The number of amidine groups is 1. The van der Waals surface area contributed by atoms with Crippen LogP contribution < -0.4 is 9.64 Å². The molecule has 2 saturated heterocycles. The minimum Gasteiger partial charge on any atom is -0.497 e. The van der Waals surface area contributed by atoms with E-state index in [9.17, 15) is 14.7 Å². The van der Waals surface area contributed by atoms with Gasteiger partial charge in [-0.2, -0.15) is 0 Å². The van der Waals surface area contributed by atoms with E-state index in [0.717, 1.165) is 35.5 Å². The maximum atomic E-state index is 13.6. The molecule has 0 aliphatic carbocycles. The molecule has 2 heterocycles. The number of nitrogens with zero attached hydrogens (tertiary/aromatic N) is 3. The van der Waals surface area contributed by atoms with E-state index >= 15 is 0 Å². The second-order valence-electron chi connectivity index (χ2n) is 9.33. The zero-order chi connectivity index (χ0) is 26.6. The van der Waals surface area contributed by atoms with Gasteiger partial charge in [-0.3, -0.25) is 9.69 Å². The molecular formula is C30H29N3O4S. The van der Waals surface area contributed by atoms with E-state index in [0.29, 0.717) is 15.8 Å². The smallest absolute Gasteiger partial charge is 0.335 e. The maximum absolute atomic E-state index is 13.6.